The second-order valence-electron chi connectivity index (χ2n) is 6.75. The quantitative estimate of drug-likeness (QED) is 0.902. The number of nitrogens with one attached hydrogen (secondary N) is 1. The second-order valence-corrected chi connectivity index (χ2v) is 6.75. The van der Waals surface area contributed by atoms with Crippen molar-refractivity contribution in [3.05, 3.63) is 35.4 Å². The van der Waals surface area contributed by atoms with Crippen molar-refractivity contribution in [2.45, 2.75) is 32.1 Å². The van der Waals surface area contributed by atoms with Gasteiger partial charge in [-0.1, -0.05) is 12.1 Å². The standard InChI is InChI=1S/C16H21F3N2/c1-15(2)14-8-20-7-12(14)10-21(15)9-11-3-5-13(6-4-11)16(17,18)19/h3-6,12,14,20H,7-10H2,1-2H3. The number of alkyl halides is 3. The fourth-order valence-electron chi connectivity index (χ4n) is 3.79. The Balaban J connectivity index is 1.72. The number of hydrogen-bond donors (Lipinski definition) is 1. The van der Waals surface area contributed by atoms with Crippen LogP contribution >= 0.6 is 0 Å². The van der Waals surface area contributed by atoms with E-state index in [0.717, 1.165) is 31.7 Å². The summed E-state index contributed by atoms with van der Waals surface area (Å²) in [6, 6.07) is 5.57. The summed E-state index contributed by atoms with van der Waals surface area (Å²) < 4.78 is 37.8. The molecule has 2 aliphatic rings. The lowest BCUT2D eigenvalue weighted by Gasteiger charge is -2.35. The SMILES string of the molecule is CC1(C)C2CNCC2CN1Cc1ccc(C(F)(F)F)cc1. The average Bonchev–Trinajstić information content (AvgIpc) is 2.93. The molecule has 2 unspecified atom stereocenters. The normalized spacial score (nSPS) is 28.8. The summed E-state index contributed by atoms with van der Waals surface area (Å²) in [5.41, 5.74) is 0.466. The van der Waals surface area contributed by atoms with Crippen LogP contribution in [0.5, 0.6) is 0 Å². The molecule has 2 nitrogen and oxygen atoms in total. The summed E-state index contributed by atoms with van der Waals surface area (Å²) in [4.78, 5) is 2.41. The Labute approximate surface area is 123 Å². The van der Waals surface area contributed by atoms with Crippen molar-refractivity contribution in [2.75, 3.05) is 19.6 Å². The zero-order valence-corrected chi connectivity index (χ0v) is 12.4. The van der Waals surface area contributed by atoms with Crippen molar-refractivity contribution in [2.24, 2.45) is 11.8 Å². The number of benzene rings is 1. The molecular weight excluding hydrogens is 277 g/mol. The lowest BCUT2D eigenvalue weighted by atomic mass is 9.85. The van der Waals surface area contributed by atoms with Crippen LogP contribution < -0.4 is 5.32 Å². The zero-order valence-electron chi connectivity index (χ0n) is 12.4. The first-order valence-corrected chi connectivity index (χ1v) is 7.40. The maximum Gasteiger partial charge on any atom is 0.416 e. The highest BCUT2D eigenvalue weighted by Crippen LogP contribution is 2.41. The first-order valence-electron chi connectivity index (χ1n) is 7.40. The van der Waals surface area contributed by atoms with Gasteiger partial charge in [0, 0.05) is 25.2 Å². The first kappa shape index (κ1) is 14.9. The first-order chi connectivity index (χ1) is 9.78. The third kappa shape index (κ3) is 2.69. The van der Waals surface area contributed by atoms with Crippen LogP contribution in [0.3, 0.4) is 0 Å². The number of likely N-dealkylation sites (tertiary alicyclic amines) is 1. The van der Waals surface area contributed by atoms with E-state index in [1.165, 1.54) is 12.1 Å². The highest BCUT2D eigenvalue weighted by atomic mass is 19.4. The van der Waals surface area contributed by atoms with Gasteiger partial charge >= 0.3 is 6.18 Å². The van der Waals surface area contributed by atoms with Crippen LogP contribution in [-0.4, -0.2) is 30.1 Å². The highest BCUT2D eigenvalue weighted by Gasteiger charge is 2.49. The van der Waals surface area contributed by atoms with Gasteiger partial charge in [0.2, 0.25) is 0 Å². The van der Waals surface area contributed by atoms with E-state index in [9.17, 15) is 13.2 Å². The van der Waals surface area contributed by atoms with Gasteiger partial charge in [-0.2, -0.15) is 13.2 Å². The molecule has 0 saturated carbocycles. The molecule has 1 aromatic rings. The van der Waals surface area contributed by atoms with E-state index in [1.807, 2.05) is 0 Å². The molecule has 3 rings (SSSR count). The van der Waals surface area contributed by atoms with Crippen LogP contribution in [0.15, 0.2) is 24.3 Å². The van der Waals surface area contributed by atoms with Crippen molar-refractivity contribution in [3.8, 4) is 0 Å². The van der Waals surface area contributed by atoms with Crippen LogP contribution in [-0.2, 0) is 12.7 Å². The van der Waals surface area contributed by atoms with E-state index in [1.54, 1.807) is 12.1 Å². The van der Waals surface area contributed by atoms with E-state index in [0.29, 0.717) is 11.8 Å². The van der Waals surface area contributed by atoms with Gasteiger partial charge in [-0.25, -0.2) is 0 Å². The number of hydrogen-bond acceptors (Lipinski definition) is 2. The molecule has 5 heteroatoms. The molecule has 1 N–H and O–H groups in total. The summed E-state index contributed by atoms with van der Waals surface area (Å²) in [6.07, 6.45) is -4.26. The Morgan fingerprint density at radius 3 is 2.43 bits per heavy atom. The van der Waals surface area contributed by atoms with Gasteiger partial charge in [0.25, 0.3) is 0 Å². The molecule has 0 spiro atoms. The molecule has 2 aliphatic heterocycles. The number of halogens is 3. The fraction of sp³-hybridized carbons (Fsp3) is 0.625. The van der Waals surface area contributed by atoms with Gasteiger partial charge in [0.15, 0.2) is 0 Å². The Morgan fingerprint density at radius 1 is 1.19 bits per heavy atom. The van der Waals surface area contributed by atoms with Gasteiger partial charge in [-0.05, 0) is 49.9 Å². The molecule has 0 amide bonds. The second kappa shape index (κ2) is 4.99. The maximum atomic E-state index is 12.6. The number of nitrogens with zero attached hydrogens (tertiary/aromatic N) is 1. The fourth-order valence-corrected chi connectivity index (χ4v) is 3.79. The van der Waals surface area contributed by atoms with Gasteiger partial charge in [0.1, 0.15) is 0 Å². The predicted octanol–water partition coefficient (Wildman–Crippen LogP) is 3.14. The Hall–Kier alpha value is -1.07. The largest absolute Gasteiger partial charge is 0.416 e. The van der Waals surface area contributed by atoms with Crippen molar-refractivity contribution in [1.82, 2.24) is 10.2 Å². The molecule has 0 radical (unpaired) electrons. The van der Waals surface area contributed by atoms with E-state index in [4.69, 9.17) is 0 Å². The van der Waals surface area contributed by atoms with Gasteiger partial charge < -0.3 is 5.32 Å². The van der Waals surface area contributed by atoms with Gasteiger partial charge in [0.05, 0.1) is 5.56 Å². The van der Waals surface area contributed by atoms with E-state index >= 15 is 0 Å². The minimum absolute atomic E-state index is 0.0941. The maximum absolute atomic E-state index is 12.6. The molecule has 0 bridgehead atoms. The molecule has 0 aromatic heterocycles. The van der Waals surface area contributed by atoms with Gasteiger partial charge in [-0.3, -0.25) is 4.90 Å². The molecule has 2 fully saturated rings. The third-order valence-corrected chi connectivity index (χ3v) is 5.17. The topological polar surface area (TPSA) is 15.3 Å². The molecule has 2 atom stereocenters. The molecule has 116 valence electrons. The van der Waals surface area contributed by atoms with Crippen molar-refractivity contribution >= 4 is 0 Å². The van der Waals surface area contributed by atoms with E-state index in [-0.39, 0.29) is 5.54 Å². The van der Waals surface area contributed by atoms with Crippen molar-refractivity contribution in [3.63, 3.8) is 0 Å². The highest BCUT2D eigenvalue weighted by molar-refractivity contribution is 5.25. The third-order valence-electron chi connectivity index (χ3n) is 5.17. The van der Waals surface area contributed by atoms with Crippen LogP contribution in [0.4, 0.5) is 13.2 Å². The van der Waals surface area contributed by atoms with Crippen LogP contribution in [0.25, 0.3) is 0 Å². The zero-order chi connectivity index (χ0) is 15.3. The minimum Gasteiger partial charge on any atom is -0.316 e. The average molecular weight is 298 g/mol. The van der Waals surface area contributed by atoms with Crippen LogP contribution in [0.2, 0.25) is 0 Å². The van der Waals surface area contributed by atoms with Crippen LogP contribution in [0.1, 0.15) is 25.0 Å². The Bertz CT molecular complexity index is 507. The molecule has 2 saturated heterocycles. The summed E-state index contributed by atoms with van der Waals surface area (Å²) >= 11 is 0. The summed E-state index contributed by atoms with van der Waals surface area (Å²) in [7, 11) is 0. The summed E-state index contributed by atoms with van der Waals surface area (Å²) in [5.74, 6) is 1.29. The Kier molecular flexibility index (Phi) is 3.53. The summed E-state index contributed by atoms with van der Waals surface area (Å²) in [5, 5.41) is 3.44. The van der Waals surface area contributed by atoms with Crippen molar-refractivity contribution in [1.29, 1.82) is 0 Å². The Morgan fingerprint density at radius 2 is 1.86 bits per heavy atom. The summed E-state index contributed by atoms with van der Waals surface area (Å²) in [6.45, 7) is 8.33. The molecule has 2 heterocycles. The monoisotopic (exact) mass is 298 g/mol. The number of fused-ring (bicyclic) bond motifs is 1. The van der Waals surface area contributed by atoms with E-state index in [2.05, 4.69) is 24.1 Å². The van der Waals surface area contributed by atoms with Crippen LogP contribution in [0, 0.1) is 11.8 Å². The lowest BCUT2D eigenvalue weighted by molar-refractivity contribution is -0.137. The molecule has 1 aromatic carbocycles. The number of rotatable bonds is 2. The minimum atomic E-state index is -4.26. The smallest absolute Gasteiger partial charge is 0.316 e. The van der Waals surface area contributed by atoms with Gasteiger partial charge in [-0.15, -0.1) is 0 Å². The molecule has 21 heavy (non-hydrogen) atoms. The molecule has 0 aliphatic carbocycles. The lowest BCUT2D eigenvalue weighted by Crippen LogP contribution is -2.43. The van der Waals surface area contributed by atoms with Crippen molar-refractivity contribution < 1.29 is 13.2 Å². The van der Waals surface area contributed by atoms with E-state index < -0.39 is 11.7 Å². The predicted molar refractivity (Wildman–Crippen MR) is 75.8 cm³/mol. The molecular formula is C16H21F3N2.